The quantitative estimate of drug-likeness (QED) is 0.899. The van der Waals surface area contributed by atoms with E-state index in [1.54, 1.807) is 13.8 Å². The maximum atomic E-state index is 13.4. The zero-order chi connectivity index (χ0) is 14.9. The van der Waals surface area contributed by atoms with Crippen LogP contribution in [-0.2, 0) is 14.8 Å². The first-order chi connectivity index (χ1) is 9.36. The van der Waals surface area contributed by atoms with Gasteiger partial charge in [0.25, 0.3) is 0 Å². The van der Waals surface area contributed by atoms with Gasteiger partial charge in [0.2, 0.25) is 10.0 Å². The fraction of sp³-hybridized carbons (Fsp3) is 0.538. The van der Waals surface area contributed by atoms with Gasteiger partial charge >= 0.3 is 0 Å². The lowest BCUT2D eigenvalue weighted by molar-refractivity contribution is -0.0219. The van der Waals surface area contributed by atoms with Crippen LogP contribution in [0.5, 0.6) is 0 Å². The maximum Gasteiger partial charge on any atom is 0.243 e. The Labute approximate surface area is 118 Å². The Kier molecular flexibility index (Phi) is 4.43. The summed E-state index contributed by atoms with van der Waals surface area (Å²) in [6.45, 7) is 4.14. The van der Waals surface area contributed by atoms with E-state index in [4.69, 9.17) is 10.5 Å². The van der Waals surface area contributed by atoms with E-state index < -0.39 is 15.8 Å². The molecular weight excluding hydrogens is 283 g/mol. The molecule has 0 radical (unpaired) electrons. The van der Waals surface area contributed by atoms with Gasteiger partial charge in [0.15, 0.2) is 0 Å². The molecule has 0 bridgehead atoms. The highest BCUT2D eigenvalue weighted by Gasteiger charge is 2.35. The third kappa shape index (κ3) is 2.85. The number of aryl methyl sites for hydroxylation is 1. The number of hydrogen-bond acceptors (Lipinski definition) is 4. The van der Waals surface area contributed by atoms with Crippen LogP contribution in [0, 0.1) is 12.7 Å². The number of nitrogens with two attached hydrogens (primary N) is 1. The summed E-state index contributed by atoms with van der Waals surface area (Å²) in [7, 11) is -3.75. The van der Waals surface area contributed by atoms with Gasteiger partial charge in [-0.25, -0.2) is 12.8 Å². The van der Waals surface area contributed by atoms with Gasteiger partial charge in [-0.2, -0.15) is 4.31 Å². The molecule has 2 atom stereocenters. The fourth-order valence-corrected chi connectivity index (χ4v) is 4.13. The summed E-state index contributed by atoms with van der Waals surface area (Å²) in [6, 6.07) is 3.48. The Morgan fingerprint density at radius 1 is 1.50 bits per heavy atom. The van der Waals surface area contributed by atoms with Crippen molar-refractivity contribution in [3.63, 3.8) is 0 Å². The van der Waals surface area contributed by atoms with Crippen molar-refractivity contribution in [1.82, 2.24) is 4.31 Å². The highest BCUT2D eigenvalue weighted by Crippen LogP contribution is 2.25. The van der Waals surface area contributed by atoms with Crippen LogP contribution in [0.4, 0.5) is 4.39 Å². The molecule has 2 unspecified atom stereocenters. The maximum absolute atomic E-state index is 13.4. The second kappa shape index (κ2) is 5.77. The monoisotopic (exact) mass is 302 g/mol. The molecule has 0 amide bonds. The molecule has 1 aliphatic heterocycles. The van der Waals surface area contributed by atoms with Gasteiger partial charge in [-0.15, -0.1) is 0 Å². The van der Waals surface area contributed by atoms with Crippen molar-refractivity contribution in [2.75, 3.05) is 19.7 Å². The molecule has 2 rings (SSSR count). The van der Waals surface area contributed by atoms with Crippen LogP contribution in [0.2, 0.25) is 0 Å². The first kappa shape index (κ1) is 15.4. The van der Waals surface area contributed by atoms with E-state index in [0.29, 0.717) is 5.56 Å². The number of hydrogen-bond donors (Lipinski definition) is 1. The van der Waals surface area contributed by atoms with Crippen molar-refractivity contribution in [3.05, 3.63) is 29.6 Å². The lowest BCUT2D eigenvalue weighted by Crippen LogP contribution is -2.52. The summed E-state index contributed by atoms with van der Waals surface area (Å²) in [5, 5.41) is 0. The van der Waals surface area contributed by atoms with Crippen LogP contribution in [0.3, 0.4) is 0 Å². The summed E-state index contributed by atoms with van der Waals surface area (Å²) >= 11 is 0. The van der Waals surface area contributed by atoms with Crippen LogP contribution in [0.15, 0.2) is 23.1 Å². The van der Waals surface area contributed by atoms with Gasteiger partial charge in [-0.3, -0.25) is 0 Å². The molecule has 0 spiro atoms. The fourth-order valence-electron chi connectivity index (χ4n) is 2.25. The molecular formula is C13H19FN2O3S. The SMILES string of the molecule is Cc1ccc(F)cc1S(=O)(=O)N1CC(CN)OCC1C. The van der Waals surface area contributed by atoms with Gasteiger partial charge in [-0.1, -0.05) is 6.07 Å². The molecule has 1 aliphatic rings. The number of morpholine rings is 1. The van der Waals surface area contributed by atoms with Crippen LogP contribution in [0.25, 0.3) is 0 Å². The van der Waals surface area contributed by atoms with Gasteiger partial charge in [0.05, 0.1) is 17.6 Å². The van der Waals surface area contributed by atoms with Gasteiger partial charge in [0, 0.05) is 19.1 Å². The van der Waals surface area contributed by atoms with Gasteiger partial charge in [0.1, 0.15) is 5.82 Å². The molecule has 2 N–H and O–H groups in total. The molecule has 112 valence electrons. The third-order valence-corrected chi connectivity index (χ3v) is 5.57. The highest BCUT2D eigenvalue weighted by molar-refractivity contribution is 7.89. The molecule has 7 heteroatoms. The molecule has 0 saturated carbocycles. The second-order valence-corrected chi connectivity index (χ2v) is 6.88. The minimum Gasteiger partial charge on any atom is -0.374 e. The first-order valence-electron chi connectivity index (χ1n) is 6.46. The topological polar surface area (TPSA) is 72.6 Å². The molecule has 0 aliphatic carbocycles. The average molecular weight is 302 g/mol. The van der Waals surface area contributed by atoms with E-state index in [2.05, 4.69) is 0 Å². The van der Waals surface area contributed by atoms with Gasteiger partial charge in [-0.05, 0) is 31.5 Å². The first-order valence-corrected chi connectivity index (χ1v) is 7.90. The highest BCUT2D eigenvalue weighted by atomic mass is 32.2. The predicted molar refractivity (Wildman–Crippen MR) is 73.3 cm³/mol. The summed E-state index contributed by atoms with van der Waals surface area (Å²) in [6.07, 6.45) is -0.324. The third-order valence-electron chi connectivity index (χ3n) is 3.45. The van der Waals surface area contributed by atoms with Gasteiger partial charge < -0.3 is 10.5 Å². The second-order valence-electron chi connectivity index (χ2n) is 5.02. The molecule has 1 fully saturated rings. The van der Waals surface area contributed by atoms with E-state index in [0.717, 1.165) is 6.07 Å². The van der Waals surface area contributed by atoms with Crippen molar-refractivity contribution in [3.8, 4) is 0 Å². The van der Waals surface area contributed by atoms with Crippen LogP contribution < -0.4 is 5.73 Å². The van der Waals surface area contributed by atoms with Crippen LogP contribution >= 0.6 is 0 Å². The van der Waals surface area contributed by atoms with E-state index in [1.165, 1.54) is 16.4 Å². The Morgan fingerprint density at radius 3 is 2.85 bits per heavy atom. The Morgan fingerprint density at radius 2 is 2.20 bits per heavy atom. The Hall–Kier alpha value is -1.02. The average Bonchev–Trinajstić information content (AvgIpc) is 2.41. The number of rotatable bonds is 3. The number of ether oxygens (including phenoxy) is 1. The summed E-state index contributed by atoms with van der Waals surface area (Å²) in [5.74, 6) is -0.564. The predicted octanol–water partition coefficient (Wildman–Crippen LogP) is 0.871. The summed E-state index contributed by atoms with van der Waals surface area (Å²) in [5.41, 5.74) is 6.06. The van der Waals surface area contributed by atoms with E-state index in [9.17, 15) is 12.8 Å². The lowest BCUT2D eigenvalue weighted by Gasteiger charge is -2.36. The molecule has 20 heavy (non-hydrogen) atoms. The normalized spacial score (nSPS) is 24.8. The number of nitrogens with zero attached hydrogens (tertiary/aromatic N) is 1. The minimum absolute atomic E-state index is 0.00187. The number of halogens is 1. The molecule has 0 aromatic heterocycles. The lowest BCUT2D eigenvalue weighted by atomic mass is 10.2. The minimum atomic E-state index is -3.75. The van der Waals surface area contributed by atoms with E-state index in [1.807, 2.05) is 0 Å². The molecule has 1 saturated heterocycles. The summed E-state index contributed by atoms with van der Waals surface area (Å²) in [4.78, 5) is 0.00187. The number of sulfonamides is 1. The Bertz CT molecular complexity index is 591. The molecule has 1 aromatic carbocycles. The van der Waals surface area contributed by atoms with Crippen molar-refractivity contribution >= 4 is 10.0 Å². The van der Waals surface area contributed by atoms with Crippen LogP contribution in [0.1, 0.15) is 12.5 Å². The van der Waals surface area contributed by atoms with Crippen molar-refractivity contribution < 1.29 is 17.5 Å². The van der Waals surface area contributed by atoms with Crippen molar-refractivity contribution in [2.45, 2.75) is 30.9 Å². The van der Waals surface area contributed by atoms with E-state index >= 15 is 0 Å². The molecule has 1 heterocycles. The standard InChI is InChI=1S/C13H19FN2O3S/c1-9-3-4-11(14)5-13(9)20(17,18)16-7-12(6-15)19-8-10(16)2/h3-5,10,12H,6-8,15H2,1-2H3. The van der Waals surface area contributed by atoms with Crippen molar-refractivity contribution in [2.24, 2.45) is 5.73 Å². The number of benzene rings is 1. The zero-order valence-corrected chi connectivity index (χ0v) is 12.4. The van der Waals surface area contributed by atoms with Crippen LogP contribution in [-0.4, -0.2) is 44.6 Å². The van der Waals surface area contributed by atoms with Crippen molar-refractivity contribution in [1.29, 1.82) is 0 Å². The van der Waals surface area contributed by atoms with E-state index in [-0.39, 0.29) is 36.7 Å². The zero-order valence-electron chi connectivity index (χ0n) is 11.5. The smallest absolute Gasteiger partial charge is 0.243 e. The summed E-state index contributed by atoms with van der Waals surface area (Å²) < 4.78 is 45.5. The Balaban J connectivity index is 2.40. The molecule has 5 nitrogen and oxygen atoms in total. The molecule has 1 aromatic rings. The largest absolute Gasteiger partial charge is 0.374 e.